The Labute approximate surface area is 141 Å². The highest BCUT2D eigenvalue weighted by Crippen LogP contribution is 2.09. The van der Waals surface area contributed by atoms with E-state index in [9.17, 15) is 13.2 Å². The summed E-state index contributed by atoms with van der Waals surface area (Å²) in [7, 11) is -3.83. The fraction of sp³-hybridized carbons (Fsp3) is 0.611. The number of sulfonamides is 1. The lowest BCUT2D eigenvalue weighted by Crippen LogP contribution is -2.30. The van der Waals surface area contributed by atoms with E-state index in [0.717, 1.165) is 24.8 Å². The molecule has 0 radical (unpaired) electrons. The highest BCUT2D eigenvalue weighted by Gasteiger charge is 2.16. The lowest BCUT2D eigenvalue weighted by Gasteiger charge is -2.06. The van der Waals surface area contributed by atoms with Crippen LogP contribution in [0.15, 0.2) is 35.3 Å². The molecule has 0 spiro atoms. The van der Waals surface area contributed by atoms with Crippen LogP contribution in [0.2, 0.25) is 0 Å². The van der Waals surface area contributed by atoms with Crippen LogP contribution in [0.25, 0.3) is 0 Å². The Bertz CT molecular complexity index is 530. The van der Waals surface area contributed by atoms with Gasteiger partial charge in [-0.05, 0) is 25.8 Å². The standard InChI is InChI=1S/C18H31NO3S/c1-5-7-8-9-10-11-13-18(20)19-23(21,22)17(4)15-14-16(3)12-6-2/h12,14-15H,4-11,13H2,1-3H3,(H,19,20)/b15-14-,16-12-. The molecule has 0 atom stereocenters. The van der Waals surface area contributed by atoms with E-state index in [1.165, 1.54) is 25.3 Å². The lowest BCUT2D eigenvalue weighted by atomic mass is 10.1. The van der Waals surface area contributed by atoms with Gasteiger partial charge in [0.15, 0.2) is 0 Å². The van der Waals surface area contributed by atoms with Crippen LogP contribution in [0.4, 0.5) is 0 Å². The fourth-order valence-corrected chi connectivity index (χ4v) is 2.82. The average Bonchev–Trinajstić information content (AvgIpc) is 2.48. The third kappa shape index (κ3) is 10.9. The van der Waals surface area contributed by atoms with Crippen LogP contribution in [0, 0.1) is 0 Å². The molecule has 0 aromatic rings. The number of hydrogen-bond acceptors (Lipinski definition) is 3. The molecule has 0 aromatic heterocycles. The number of allylic oxidation sites excluding steroid dienone is 4. The monoisotopic (exact) mass is 341 g/mol. The van der Waals surface area contributed by atoms with Gasteiger partial charge in [-0.3, -0.25) is 4.79 Å². The predicted molar refractivity (Wildman–Crippen MR) is 97.4 cm³/mol. The minimum absolute atomic E-state index is 0.0994. The summed E-state index contributed by atoms with van der Waals surface area (Å²) in [6.45, 7) is 9.57. The number of nitrogens with one attached hydrogen (secondary N) is 1. The third-order valence-corrected chi connectivity index (χ3v) is 4.73. The van der Waals surface area contributed by atoms with E-state index in [0.29, 0.717) is 6.42 Å². The van der Waals surface area contributed by atoms with Crippen molar-refractivity contribution >= 4 is 15.9 Å². The van der Waals surface area contributed by atoms with Crippen molar-refractivity contribution in [1.29, 1.82) is 0 Å². The number of carbonyl (C=O) groups is 1. The van der Waals surface area contributed by atoms with Crippen LogP contribution >= 0.6 is 0 Å². The Balaban J connectivity index is 4.26. The van der Waals surface area contributed by atoms with Crippen LogP contribution in [0.3, 0.4) is 0 Å². The van der Waals surface area contributed by atoms with Crippen molar-refractivity contribution in [2.75, 3.05) is 0 Å². The molecule has 0 rings (SSSR count). The maximum atomic E-state index is 12.0. The van der Waals surface area contributed by atoms with Crippen molar-refractivity contribution in [2.45, 2.75) is 72.1 Å². The molecule has 0 unspecified atom stereocenters. The molecule has 0 aliphatic heterocycles. The molecule has 1 N–H and O–H groups in total. The van der Waals surface area contributed by atoms with Crippen molar-refractivity contribution in [3.05, 3.63) is 35.3 Å². The Morgan fingerprint density at radius 1 is 1.04 bits per heavy atom. The van der Waals surface area contributed by atoms with Crippen molar-refractivity contribution in [1.82, 2.24) is 4.72 Å². The first-order chi connectivity index (χ1) is 10.8. The predicted octanol–water partition coefficient (Wildman–Crippen LogP) is 4.61. The maximum absolute atomic E-state index is 12.0. The van der Waals surface area contributed by atoms with E-state index in [-0.39, 0.29) is 11.3 Å². The first-order valence-corrected chi connectivity index (χ1v) is 9.91. The highest BCUT2D eigenvalue weighted by atomic mass is 32.2. The number of carbonyl (C=O) groups excluding carboxylic acids is 1. The molecule has 132 valence electrons. The summed E-state index contributed by atoms with van der Waals surface area (Å²) >= 11 is 0. The van der Waals surface area contributed by atoms with Gasteiger partial charge < -0.3 is 0 Å². The van der Waals surface area contributed by atoms with Crippen molar-refractivity contribution < 1.29 is 13.2 Å². The first kappa shape index (κ1) is 21.6. The summed E-state index contributed by atoms with van der Waals surface area (Å²) in [5, 5.41) is 0. The third-order valence-electron chi connectivity index (χ3n) is 3.41. The second-order valence-electron chi connectivity index (χ2n) is 5.70. The molecular weight excluding hydrogens is 310 g/mol. The normalized spacial score (nSPS) is 12.6. The van der Waals surface area contributed by atoms with Crippen LogP contribution in [0.5, 0.6) is 0 Å². The Kier molecular flexibility index (Phi) is 11.4. The molecule has 0 fully saturated rings. The second-order valence-corrected chi connectivity index (χ2v) is 7.44. The van der Waals surface area contributed by atoms with Gasteiger partial charge in [-0.1, -0.05) is 70.3 Å². The van der Waals surface area contributed by atoms with Crippen molar-refractivity contribution in [3.8, 4) is 0 Å². The van der Waals surface area contributed by atoms with E-state index in [2.05, 4.69) is 18.2 Å². The molecule has 5 heteroatoms. The van der Waals surface area contributed by atoms with Gasteiger partial charge in [-0.2, -0.15) is 0 Å². The largest absolute Gasteiger partial charge is 0.274 e. The SMILES string of the molecule is C=C(/C=C\C(C)=C/CC)S(=O)(=O)NC(=O)CCCCCCCC. The van der Waals surface area contributed by atoms with Gasteiger partial charge in [-0.15, -0.1) is 0 Å². The van der Waals surface area contributed by atoms with Crippen LogP contribution in [-0.4, -0.2) is 14.3 Å². The quantitative estimate of drug-likeness (QED) is 0.416. The zero-order valence-corrected chi connectivity index (χ0v) is 15.5. The minimum atomic E-state index is -3.83. The minimum Gasteiger partial charge on any atom is -0.274 e. The summed E-state index contributed by atoms with van der Waals surface area (Å²) in [5.41, 5.74) is 0.960. The number of amides is 1. The van der Waals surface area contributed by atoms with Gasteiger partial charge in [0, 0.05) is 6.42 Å². The Morgan fingerprint density at radius 2 is 1.65 bits per heavy atom. The van der Waals surface area contributed by atoms with E-state index < -0.39 is 15.9 Å². The van der Waals surface area contributed by atoms with Gasteiger partial charge in [0.1, 0.15) is 0 Å². The molecule has 0 saturated heterocycles. The van der Waals surface area contributed by atoms with E-state index in [1.807, 2.05) is 19.9 Å². The molecule has 0 aliphatic rings. The van der Waals surface area contributed by atoms with Gasteiger partial charge >= 0.3 is 0 Å². The highest BCUT2D eigenvalue weighted by molar-refractivity contribution is 7.94. The Morgan fingerprint density at radius 3 is 2.26 bits per heavy atom. The average molecular weight is 342 g/mol. The molecule has 4 nitrogen and oxygen atoms in total. The first-order valence-electron chi connectivity index (χ1n) is 8.42. The molecular formula is C18H31NO3S. The summed E-state index contributed by atoms with van der Waals surface area (Å²) < 4.78 is 26.0. The molecule has 0 heterocycles. The molecule has 0 aromatic carbocycles. The van der Waals surface area contributed by atoms with Crippen molar-refractivity contribution in [3.63, 3.8) is 0 Å². The molecule has 23 heavy (non-hydrogen) atoms. The Hall–Kier alpha value is -1.36. The molecule has 0 aliphatic carbocycles. The second kappa shape index (κ2) is 12.1. The maximum Gasteiger partial charge on any atom is 0.263 e. The van der Waals surface area contributed by atoms with Crippen LogP contribution in [0.1, 0.15) is 72.1 Å². The van der Waals surface area contributed by atoms with E-state index in [4.69, 9.17) is 0 Å². The lowest BCUT2D eigenvalue weighted by molar-refractivity contribution is -0.119. The number of unbranched alkanes of at least 4 members (excludes halogenated alkanes) is 5. The van der Waals surface area contributed by atoms with Crippen LogP contribution < -0.4 is 4.72 Å². The van der Waals surface area contributed by atoms with Crippen molar-refractivity contribution in [2.24, 2.45) is 0 Å². The molecule has 0 saturated carbocycles. The topological polar surface area (TPSA) is 63.2 Å². The number of hydrogen-bond donors (Lipinski definition) is 1. The zero-order chi connectivity index (χ0) is 17.7. The van der Waals surface area contributed by atoms with Gasteiger partial charge in [0.05, 0.1) is 4.91 Å². The fourth-order valence-electron chi connectivity index (χ4n) is 2.04. The summed E-state index contributed by atoms with van der Waals surface area (Å²) in [4.78, 5) is 11.6. The summed E-state index contributed by atoms with van der Waals surface area (Å²) in [5.74, 6) is -0.462. The van der Waals surface area contributed by atoms with Crippen LogP contribution in [-0.2, 0) is 14.8 Å². The van der Waals surface area contributed by atoms with Gasteiger partial charge in [0.25, 0.3) is 10.0 Å². The smallest absolute Gasteiger partial charge is 0.263 e. The zero-order valence-electron chi connectivity index (χ0n) is 14.7. The molecule has 0 bridgehead atoms. The van der Waals surface area contributed by atoms with Gasteiger partial charge in [-0.25, -0.2) is 13.1 Å². The molecule has 1 amide bonds. The van der Waals surface area contributed by atoms with E-state index in [1.54, 1.807) is 6.08 Å². The van der Waals surface area contributed by atoms with Gasteiger partial charge in [0.2, 0.25) is 5.91 Å². The summed E-state index contributed by atoms with van der Waals surface area (Å²) in [6.07, 6.45) is 12.5. The number of rotatable bonds is 12. The van der Waals surface area contributed by atoms with E-state index >= 15 is 0 Å². The summed E-state index contributed by atoms with van der Waals surface area (Å²) in [6, 6.07) is 0.